The number of urea groups is 1. The molecule has 116 valence electrons. The molecule has 5 nitrogen and oxygen atoms in total. The van der Waals surface area contributed by atoms with Gasteiger partial charge < -0.3 is 15.4 Å². The first-order chi connectivity index (χ1) is 10.6. The molecular weight excluding hydrogens is 278 g/mol. The maximum atomic E-state index is 11.5. The van der Waals surface area contributed by atoms with Crippen LogP contribution in [0.1, 0.15) is 24.5 Å². The van der Waals surface area contributed by atoms with Crippen molar-refractivity contribution in [2.45, 2.75) is 27.2 Å². The van der Waals surface area contributed by atoms with Gasteiger partial charge in [0, 0.05) is 12.6 Å². The van der Waals surface area contributed by atoms with E-state index in [0.717, 1.165) is 12.2 Å². The molecule has 22 heavy (non-hydrogen) atoms. The predicted molar refractivity (Wildman–Crippen MR) is 87.5 cm³/mol. The maximum absolute atomic E-state index is 11.5. The predicted octanol–water partition coefficient (Wildman–Crippen LogP) is 4.02. The lowest BCUT2D eigenvalue weighted by atomic mass is 10.1. The molecule has 0 spiro atoms. The minimum atomic E-state index is -0.230. The third kappa shape index (κ3) is 4.48. The van der Waals surface area contributed by atoms with Gasteiger partial charge in [0.15, 0.2) is 0 Å². The Balaban J connectivity index is 1.96. The number of nitrogens with one attached hydrogen (secondary N) is 2. The SMILES string of the molecule is CCCNC(=O)Nc1ccc(Oc2ccc(C)c(C)c2)nc1. The number of hydrogen-bond acceptors (Lipinski definition) is 3. The highest BCUT2D eigenvalue weighted by Gasteiger charge is 2.03. The van der Waals surface area contributed by atoms with Crippen LogP contribution in [0.2, 0.25) is 0 Å². The second-order valence-corrected chi connectivity index (χ2v) is 5.11. The number of hydrogen-bond donors (Lipinski definition) is 2. The summed E-state index contributed by atoms with van der Waals surface area (Å²) in [5, 5.41) is 5.45. The molecule has 1 aromatic heterocycles. The molecule has 0 aliphatic heterocycles. The molecule has 0 saturated carbocycles. The van der Waals surface area contributed by atoms with Crippen molar-refractivity contribution in [3.8, 4) is 11.6 Å². The normalized spacial score (nSPS) is 10.1. The van der Waals surface area contributed by atoms with Crippen LogP contribution in [-0.2, 0) is 0 Å². The first-order valence-electron chi connectivity index (χ1n) is 7.34. The number of aromatic nitrogens is 1. The van der Waals surface area contributed by atoms with Gasteiger partial charge in [0.05, 0.1) is 11.9 Å². The van der Waals surface area contributed by atoms with Gasteiger partial charge in [-0.2, -0.15) is 0 Å². The van der Waals surface area contributed by atoms with Crippen LogP contribution in [0, 0.1) is 13.8 Å². The lowest BCUT2D eigenvalue weighted by molar-refractivity contribution is 0.252. The van der Waals surface area contributed by atoms with Crippen molar-refractivity contribution >= 4 is 11.7 Å². The van der Waals surface area contributed by atoms with Gasteiger partial charge in [-0.3, -0.25) is 0 Å². The summed E-state index contributed by atoms with van der Waals surface area (Å²) in [5.41, 5.74) is 3.02. The maximum Gasteiger partial charge on any atom is 0.319 e. The largest absolute Gasteiger partial charge is 0.439 e. The molecule has 2 rings (SSSR count). The van der Waals surface area contributed by atoms with Crippen molar-refractivity contribution in [2.75, 3.05) is 11.9 Å². The zero-order chi connectivity index (χ0) is 15.9. The fourth-order valence-electron chi connectivity index (χ4n) is 1.83. The van der Waals surface area contributed by atoms with E-state index in [0.29, 0.717) is 18.1 Å². The monoisotopic (exact) mass is 299 g/mol. The van der Waals surface area contributed by atoms with E-state index in [1.54, 1.807) is 18.3 Å². The molecule has 2 amide bonds. The molecule has 1 heterocycles. The number of nitrogens with zero attached hydrogens (tertiary/aromatic N) is 1. The van der Waals surface area contributed by atoms with E-state index in [-0.39, 0.29) is 6.03 Å². The molecule has 2 N–H and O–H groups in total. The molecule has 2 aromatic rings. The van der Waals surface area contributed by atoms with Crippen LogP contribution in [0.15, 0.2) is 36.5 Å². The van der Waals surface area contributed by atoms with Crippen molar-refractivity contribution in [3.05, 3.63) is 47.7 Å². The summed E-state index contributed by atoms with van der Waals surface area (Å²) < 4.78 is 5.70. The molecule has 5 heteroatoms. The number of pyridine rings is 1. The molecule has 0 aliphatic rings. The number of benzene rings is 1. The molecule has 0 atom stereocenters. The van der Waals surface area contributed by atoms with Crippen molar-refractivity contribution in [3.63, 3.8) is 0 Å². The Morgan fingerprint density at radius 3 is 2.64 bits per heavy atom. The third-order valence-electron chi connectivity index (χ3n) is 3.23. The number of carbonyl (C=O) groups is 1. The van der Waals surface area contributed by atoms with E-state index < -0.39 is 0 Å². The van der Waals surface area contributed by atoms with Gasteiger partial charge in [0.25, 0.3) is 0 Å². The lowest BCUT2D eigenvalue weighted by Gasteiger charge is -2.09. The summed E-state index contributed by atoms with van der Waals surface area (Å²) in [6.07, 6.45) is 2.47. The molecule has 0 radical (unpaired) electrons. The van der Waals surface area contributed by atoms with E-state index in [2.05, 4.69) is 22.5 Å². The van der Waals surface area contributed by atoms with Gasteiger partial charge in [-0.1, -0.05) is 13.0 Å². The zero-order valence-electron chi connectivity index (χ0n) is 13.1. The number of ether oxygens (including phenoxy) is 1. The number of anilines is 1. The fourth-order valence-corrected chi connectivity index (χ4v) is 1.83. The first kappa shape index (κ1) is 15.8. The third-order valence-corrected chi connectivity index (χ3v) is 3.23. The van der Waals surface area contributed by atoms with Gasteiger partial charge >= 0.3 is 6.03 Å². The Kier molecular flexibility index (Phi) is 5.36. The van der Waals surface area contributed by atoms with E-state index in [4.69, 9.17) is 4.74 Å². The minimum Gasteiger partial charge on any atom is -0.439 e. The summed E-state index contributed by atoms with van der Waals surface area (Å²) in [5.74, 6) is 1.24. The van der Waals surface area contributed by atoms with Gasteiger partial charge in [-0.15, -0.1) is 0 Å². The van der Waals surface area contributed by atoms with Crippen LogP contribution in [0.3, 0.4) is 0 Å². The van der Waals surface area contributed by atoms with E-state index in [9.17, 15) is 4.79 Å². The number of aryl methyl sites for hydroxylation is 2. The van der Waals surface area contributed by atoms with Crippen LogP contribution < -0.4 is 15.4 Å². The van der Waals surface area contributed by atoms with E-state index >= 15 is 0 Å². The summed E-state index contributed by atoms with van der Waals surface area (Å²) in [7, 11) is 0. The van der Waals surface area contributed by atoms with Gasteiger partial charge in [-0.25, -0.2) is 9.78 Å². The summed E-state index contributed by atoms with van der Waals surface area (Å²) >= 11 is 0. The van der Waals surface area contributed by atoms with Crippen LogP contribution >= 0.6 is 0 Å². The van der Waals surface area contributed by atoms with E-state index in [1.807, 2.05) is 32.0 Å². The Labute approximate surface area is 130 Å². The topological polar surface area (TPSA) is 63.2 Å². The quantitative estimate of drug-likeness (QED) is 0.876. The molecular formula is C17H21N3O2. The second kappa shape index (κ2) is 7.45. The molecule has 0 fully saturated rings. The first-order valence-corrected chi connectivity index (χ1v) is 7.34. The zero-order valence-corrected chi connectivity index (χ0v) is 13.1. The van der Waals surface area contributed by atoms with Crippen molar-refractivity contribution in [1.82, 2.24) is 10.3 Å². The molecule has 0 unspecified atom stereocenters. The highest BCUT2D eigenvalue weighted by atomic mass is 16.5. The number of carbonyl (C=O) groups excluding carboxylic acids is 1. The summed E-state index contributed by atoms with van der Waals surface area (Å²) in [6.45, 7) is 6.74. The van der Waals surface area contributed by atoms with Crippen LogP contribution in [0.25, 0.3) is 0 Å². The van der Waals surface area contributed by atoms with Crippen LogP contribution in [0.4, 0.5) is 10.5 Å². The highest BCUT2D eigenvalue weighted by Crippen LogP contribution is 2.22. The smallest absolute Gasteiger partial charge is 0.319 e. The summed E-state index contributed by atoms with van der Waals surface area (Å²) in [6, 6.07) is 9.15. The highest BCUT2D eigenvalue weighted by molar-refractivity contribution is 5.88. The van der Waals surface area contributed by atoms with Gasteiger partial charge in [0.2, 0.25) is 5.88 Å². The van der Waals surface area contributed by atoms with Crippen molar-refractivity contribution < 1.29 is 9.53 Å². The molecule has 0 aliphatic carbocycles. The van der Waals surface area contributed by atoms with Crippen LogP contribution in [-0.4, -0.2) is 17.6 Å². The second-order valence-electron chi connectivity index (χ2n) is 5.11. The molecule has 0 saturated heterocycles. The van der Waals surface area contributed by atoms with E-state index in [1.165, 1.54) is 11.1 Å². The minimum absolute atomic E-state index is 0.230. The Bertz CT molecular complexity index is 639. The Morgan fingerprint density at radius 2 is 2.00 bits per heavy atom. The van der Waals surface area contributed by atoms with Crippen molar-refractivity contribution in [2.24, 2.45) is 0 Å². The van der Waals surface area contributed by atoms with Gasteiger partial charge in [-0.05, 0) is 49.6 Å². The number of rotatable bonds is 5. The average Bonchev–Trinajstić information content (AvgIpc) is 2.51. The fraction of sp³-hybridized carbons (Fsp3) is 0.294. The average molecular weight is 299 g/mol. The number of amides is 2. The standard InChI is InChI=1S/C17H21N3O2/c1-4-9-18-17(21)20-14-6-8-16(19-11-14)22-15-7-5-12(2)13(3)10-15/h5-8,10-11H,4,9H2,1-3H3,(H2,18,20,21). The summed E-state index contributed by atoms with van der Waals surface area (Å²) in [4.78, 5) is 15.7. The Morgan fingerprint density at radius 1 is 1.18 bits per heavy atom. The van der Waals surface area contributed by atoms with Crippen LogP contribution in [0.5, 0.6) is 11.6 Å². The molecule has 1 aromatic carbocycles. The van der Waals surface area contributed by atoms with Gasteiger partial charge in [0.1, 0.15) is 5.75 Å². The Hall–Kier alpha value is -2.56. The van der Waals surface area contributed by atoms with Crippen molar-refractivity contribution in [1.29, 1.82) is 0 Å². The lowest BCUT2D eigenvalue weighted by Crippen LogP contribution is -2.29. The molecule has 0 bridgehead atoms.